The second-order valence-electron chi connectivity index (χ2n) is 5.60. The van der Waals surface area contributed by atoms with Gasteiger partial charge >= 0.3 is 0 Å². The molecule has 1 aromatic carbocycles. The first-order valence-corrected chi connectivity index (χ1v) is 9.72. The summed E-state index contributed by atoms with van der Waals surface area (Å²) in [6.45, 7) is 6.89. The van der Waals surface area contributed by atoms with Gasteiger partial charge in [0.25, 0.3) is 0 Å². The summed E-state index contributed by atoms with van der Waals surface area (Å²) < 4.78 is 0. The van der Waals surface area contributed by atoms with E-state index in [1.165, 1.54) is 22.0 Å². The van der Waals surface area contributed by atoms with E-state index in [0.717, 1.165) is 44.2 Å². The van der Waals surface area contributed by atoms with Crippen LogP contribution in [0.25, 0.3) is 10.9 Å². The number of halogens is 1. The highest BCUT2D eigenvalue weighted by molar-refractivity contribution is 14.0. The van der Waals surface area contributed by atoms with Crippen molar-refractivity contribution in [3.63, 3.8) is 0 Å². The van der Waals surface area contributed by atoms with Crippen molar-refractivity contribution in [3.8, 4) is 0 Å². The summed E-state index contributed by atoms with van der Waals surface area (Å²) in [5.41, 5.74) is 3.90. The number of thioether (sulfide) groups is 1. The van der Waals surface area contributed by atoms with Gasteiger partial charge in [-0.2, -0.15) is 11.8 Å². The second-order valence-corrected chi connectivity index (χ2v) is 6.58. The summed E-state index contributed by atoms with van der Waals surface area (Å²) in [5.74, 6) is 2.09. The quantitative estimate of drug-likeness (QED) is 0.242. The van der Waals surface area contributed by atoms with Crippen molar-refractivity contribution in [1.29, 1.82) is 0 Å². The van der Waals surface area contributed by atoms with E-state index in [1.54, 1.807) is 0 Å². The Morgan fingerprint density at radius 1 is 1.29 bits per heavy atom. The molecule has 1 aromatic heterocycles. The molecule has 6 heteroatoms. The smallest absolute Gasteiger partial charge is 0.191 e. The Morgan fingerprint density at radius 2 is 2.12 bits per heavy atom. The van der Waals surface area contributed by atoms with Gasteiger partial charge in [0.05, 0.1) is 0 Å². The van der Waals surface area contributed by atoms with Crippen molar-refractivity contribution in [1.82, 2.24) is 15.6 Å². The normalized spacial score (nSPS) is 11.4. The van der Waals surface area contributed by atoms with Crippen LogP contribution >= 0.6 is 35.7 Å². The lowest BCUT2D eigenvalue weighted by atomic mass is 10.1. The lowest BCUT2D eigenvalue weighted by Gasteiger charge is -2.11. The van der Waals surface area contributed by atoms with Gasteiger partial charge in [0.2, 0.25) is 0 Å². The van der Waals surface area contributed by atoms with Crippen molar-refractivity contribution in [2.75, 3.05) is 31.6 Å². The van der Waals surface area contributed by atoms with E-state index in [2.05, 4.69) is 65.1 Å². The van der Waals surface area contributed by atoms with E-state index in [1.807, 2.05) is 11.8 Å². The van der Waals surface area contributed by atoms with Crippen molar-refractivity contribution >= 4 is 52.6 Å². The molecule has 0 radical (unpaired) electrons. The number of nitrogens with zero attached hydrogens (tertiary/aromatic N) is 1. The number of aromatic amines is 1. The molecule has 0 unspecified atom stereocenters. The molecule has 1 heterocycles. The van der Waals surface area contributed by atoms with Gasteiger partial charge in [-0.05, 0) is 49.8 Å². The molecule has 4 nitrogen and oxygen atoms in total. The first-order valence-electron chi connectivity index (χ1n) is 8.33. The van der Waals surface area contributed by atoms with Crippen LogP contribution in [0.4, 0.5) is 0 Å². The van der Waals surface area contributed by atoms with Gasteiger partial charge in [-0.25, -0.2) is 0 Å². The van der Waals surface area contributed by atoms with Crippen molar-refractivity contribution in [2.45, 2.75) is 26.7 Å². The number of nitrogens with one attached hydrogen (secondary N) is 3. The zero-order chi connectivity index (χ0) is 16.5. The fourth-order valence-corrected chi connectivity index (χ4v) is 3.05. The van der Waals surface area contributed by atoms with Crippen LogP contribution < -0.4 is 10.6 Å². The predicted molar refractivity (Wildman–Crippen MR) is 119 cm³/mol. The minimum Gasteiger partial charge on any atom is -0.361 e. The number of rotatable bonds is 8. The Hall–Kier alpha value is -0.890. The Labute approximate surface area is 166 Å². The summed E-state index contributed by atoms with van der Waals surface area (Å²) in [6.07, 6.45) is 6.37. The Morgan fingerprint density at radius 3 is 2.88 bits per heavy atom. The molecule has 0 aliphatic carbocycles. The summed E-state index contributed by atoms with van der Waals surface area (Å²) in [7, 11) is 0. The fourth-order valence-electron chi connectivity index (χ4n) is 2.63. The maximum atomic E-state index is 4.62. The van der Waals surface area contributed by atoms with Gasteiger partial charge in [-0.15, -0.1) is 24.0 Å². The molecule has 0 fully saturated rings. The molecule has 0 saturated heterocycles. The molecule has 24 heavy (non-hydrogen) atoms. The number of guanidine groups is 1. The van der Waals surface area contributed by atoms with Crippen LogP contribution in [0.3, 0.4) is 0 Å². The van der Waals surface area contributed by atoms with Crippen LogP contribution in [0.15, 0.2) is 29.4 Å². The number of aryl methyl sites for hydroxylation is 1. The number of hydrogen-bond acceptors (Lipinski definition) is 2. The van der Waals surface area contributed by atoms with Gasteiger partial charge < -0.3 is 15.6 Å². The van der Waals surface area contributed by atoms with E-state index in [0.29, 0.717) is 0 Å². The van der Waals surface area contributed by atoms with Crippen LogP contribution in [0.5, 0.6) is 0 Å². The van der Waals surface area contributed by atoms with Crippen LogP contribution in [0.2, 0.25) is 0 Å². The number of aliphatic imine (C=N–C) groups is 1. The average Bonchev–Trinajstić information content (AvgIpc) is 2.96. The second kappa shape index (κ2) is 11.6. The molecule has 0 spiro atoms. The highest BCUT2D eigenvalue weighted by Gasteiger charge is 2.05. The van der Waals surface area contributed by atoms with Gasteiger partial charge in [0.1, 0.15) is 0 Å². The SMILES string of the molecule is CCNC(=NCCCSC)NCCc1c[nH]c2c(C)cccc12.I. The van der Waals surface area contributed by atoms with Crippen molar-refractivity contribution < 1.29 is 0 Å². The number of aromatic nitrogens is 1. The van der Waals surface area contributed by atoms with Crippen LogP contribution in [0, 0.1) is 6.92 Å². The van der Waals surface area contributed by atoms with Crippen LogP contribution in [-0.2, 0) is 6.42 Å². The number of para-hydroxylation sites is 1. The third-order valence-corrected chi connectivity index (χ3v) is 4.51. The highest BCUT2D eigenvalue weighted by Crippen LogP contribution is 2.21. The molecule has 0 aliphatic rings. The highest BCUT2D eigenvalue weighted by atomic mass is 127. The summed E-state index contributed by atoms with van der Waals surface area (Å²) in [5, 5.41) is 8.07. The molecule has 0 aliphatic heterocycles. The average molecular weight is 460 g/mol. The van der Waals surface area contributed by atoms with E-state index in [9.17, 15) is 0 Å². The minimum absolute atomic E-state index is 0. The molecule has 2 aromatic rings. The largest absolute Gasteiger partial charge is 0.361 e. The first-order chi connectivity index (χ1) is 11.3. The van der Waals surface area contributed by atoms with E-state index < -0.39 is 0 Å². The molecule has 2 rings (SSSR count). The van der Waals surface area contributed by atoms with Crippen LogP contribution in [-0.4, -0.2) is 42.6 Å². The molecular weight excluding hydrogens is 431 g/mol. The Balaban J connectivity index is 0.00000288. The summed E-state index contributed by atoms with van der Waals surface area (Å²) in [6, 6.07) is 6.46. The van der Waals surface area contributed by atoms with Crippen LogP contribution in [0.1, 0.15) is 24.5 Å². The topological polar surface area (TPSA) is 52.2 Å². The predicted octanol–water partition coefficient (Wildman–Crippen LogP) is 3.95. The first kappa shape index (κ1) is 21.2. The third kappa shape index (κ3) is 6.20. The summed E-state index contributed by atoms with van der Waals surface area (Å²) in [4.78, 5) is 8.01. The molecule has 0 saturated carbocycles. The maximum absolute atomic E-state index is 4.62. The van der Waals surface area contributed by atoms with Crippen molar-refractivity contribution in [3.05, 3.63) is 35.5 Å². The molecule has 134 valence electrons. The minimum atomic E-state index is 0. The maximum Gasteiger partial charge on any atom is 0.191 e. The molecule has 0 atom stereocenters. The van der Waals surface area contributed by atoms with Gasteiger partial charge in [-0.1, -0.05) is 18.2 Å². The van der Waals surface area contributed by atoms with E-state index in [-0.39, 0.29) is 24.0 Å². The Bertz CT molecular complexity index is 639. The molecule has 3 N–H and O–H groups in total. The lowest BCUT2D eigenvalue weighted by Crippen LogP contribution is -2.38. The van der Waals surface area contributed by atoms with Gasteiger partial charge in [0, 0.05) is 36.7 Å². The fraction of sp³-hybridized carbons (Fsp3) is 0.500. The number of fused-ring (bicyclic) bond motifs is 1. The van der Waals surface area contributed by atoms with E-state index >= 15 is 0 Å². The van der Waals surface area contributed by atoms with E-state index in [4.69, 9.17) is 0 Å². The van der Waals surface area contributed by atoms with Gasteiger partial charge in [0.15, 0.2) is 5.96 Å². The number of hydrogen-bond donors (Lipinski definition) is 3. The summed E-state index contributed by atoms with van der Waals surface area (Å²) >= 11 is 1.87. The molecular formula is C18H29IN4S. The zero-order valence-corrected chi connectivity index (χ0v) is 18.0. The molecule has 0 amide bonds. The standard InChI is InChI=1S/C18H28N4S.HI/c1-4-19-18(20-10-6-12-23-3)21-11-9-15-13-22-17-14(2)7-5-8-16(15)17;/h5,7-8,13,22H,4,6,9-12H2,1-3H3,(H2,19,20,21);1H. The third-order valence-electron chi connectivity index (χ3n) is 3.82. The zero-order valence-electron chi connectivity index (χ0n) is 14.8. The van der Waals surface area contributed by atoms with Crippen molar-refractivity contribution in [2.24, 2.45) is 4.99 Å². The monoisotopic (exact) mass is 460 g/mol. The number of benzene rings is 1. The molecule has 0 bridgehead atoms. The number of H-pyrrole nitrogens is 1. The van der Waals surface area contributed by atoms with Gasteiger partial charge in [-0.3, -0.25) is 4.99 Å². The lowest BCUT2D eigenvalue weighted by molar-refractivity contribution is 0.796. The Kier molecular flexibility index (Phi) is 10.2.